The molecule has 5 heteroatoms. The zero-order chi connectivity index (χ0) is 13.8. The lowest BCUT2D eigenvalue weighted by atomic mass is 9.93. The van der Waals surface area contributed by atoms with Gasteiger partial charge in [0.15, 0.2) is 0 Å². The van der Waals surface area contributed by atoms with Crippen LogP contribution in [0.3, 0.4) is 0 Å². The highest BCUT2D eigenvalue weighted by molar-refractivity contribution is 5.82. The molecule has 0 saturated carbocycles. The van der Waals surface area contributed by atoms with Gasteiger partial charge in [0.25, 0.3) is 0 Å². The molecule has 0 aromatic rings. The van der Waals surface area contributed by atoms with E-state index in [1.165, 1.54) is 0 Å². The normalized spacial score (nSPS) is 19.6. The molecule has 0 aromatic heterocycles. The van der Waals surface area contributed by atoms with Crippen molar-refractivity contribution in [2.24, 2.45) is 5.41 Å². The van der Waals surface area contributed by atoms with E-state index in [1.807, 2.05) is 6.92 Å². The number of hydrogen-bond donors (Lipinski definition) is 2. The maximum absolute atomic E-state index is 12.0. The molecule has 104 valence electrons. The van der Waals surface area contributed by atoms with Crippen LogP contribution < -0.4 is 5.32 Å². The third-order valence-electron chi connectivity index (χ3n) is 3.41. The monoisotopic (exact) mass is 256 g/mol. The first-order valence-corrected chi connectivity index (χ1v) is 6.64. The first kappa shape index (κ1) is 14.8. The topological polar surface area (TPSA) is 69.6 Å². The van der Waals surface area contributed by atoms with Crippen LogP contribution in [0.2, 0.25) is 0 Å². The summed E-state index contributed by atoms with van der Waals surface area (Å²) < 4.78 is 0. The van der Waals surface area contributed by atoms with Gasteiger partial charge < -0.3 is 15.3 Å². The molecule has 0 bridgehead atoms. The van der Waals surface area contributed by atoms with Crippen molar-refractivity contribution in [3.63, 3.8) is 0 Å². The Hall–Kier alpha value is -1.26. The summed E-state index contributed by atoms with van der Waals surface area (Å²) in [5.74, 6) is -0.949. The summed E-state index contributed by atoms with van der Waals surface area (Å²) >= 11 is 0. The van der Waals surface area contributed by atoms with E-state index >= 15 is 0 Å². The molecule has 0 spiro atoms. The number of amides is 2. The summed E-state index contributed by atoms with van der Waals surface area (Å²) in [7, 11) is 0. The number of carboxylic acids is 1. The highest BCUT2D eigenvalue weighted by Crippen LogP contribution is 2.28. The second-order valence-electron chi connectivity index (χ2n) is 5.82. The molecule has 1 saturated heterocycles. The molecule has 2 amide bonds. The largest absolute Gasteiger partial charge is 0.480 e. The van der Waals surface area contributed by atoms with Gasteiger partial charge in [-0.05, 0) is 18.3 Å². The fourth-order valence-electron chi connectivity index (χ4n) is 2.19. The molecule has 1 aliphatic heterocycles. The van der Waals surface area contributed by atoms with Gasteiger partial charge in [-0.3, -0.25) is 0 Å². The van der Waals surface area contributed by atoms with Gasteiger partial charge in [-0.15, -0.1) is 0 Å². The molecule has 18 heavy (non-hydrogen) atoms. The number of urea groups is 1. The van der Waals surface area contributed by atoms with Crippen molar-refractivity contribution >= 4 is 12.0 Å². The van der Waals surface area contributed by atoms with Gasteiger partial charge in [0.2, 0.25) is 0 Å². The smallest absolute Gasteiger partial charge is 0.326 e. The van der Waals surface area contributed by atoms with Crippen LogP contribution in [0.1, 0.15) is 46.5 Å². The number of carbonyl (C=O) groups is 2. The summed E-state index contributed by atoms with van der Waals surface area (Å²) in [6.45, 7) is 7.64. The predicted molar refractivity (Wildman–Crippen MR) is 69.5 cm³/mol. The van der Waals surface area contributed by atoms with Gasteiger partial charge >= 0.3 is 12.0 Å². The predicted octanol–water partition coefficient (Wildman–Crippen LogP) is 2.07. The number of hydrogen-bond acceptors (Lipinski definition) is 2. The van der Waals surface area contributed by atoms with Crippen molar-refractivity contribution in [1.82, 2.24) is 10.2 Å². The molecule has 0 unspecified atom stereocenters. The average Bonchev–Trinajstić information content (AvgIpc) is 2.64. The van der Waals surface area contributed by atoms with Gasteiger partial charge in [0.1, 0.15) is 6.04 Å². The summed E-state index contributed by atoms with van der Waals surface area (Å²) in [6, 6.07) is -1.01. The number of nitrogens with one attached hydrogen (secondary N) is 1. The summed E-state index contributed by atoms with van der Waals surface area (Å²) in [5.41, 5.74) is 0.138. The summed E-state index contributed by atoms with van der Waals surface area (Å²) in [5, 5.41) is 11.7. The van der Waals surface area contributed by atoms with Crippen molar-refractivity contribution in [2.75, 3.05) is 13.1 Å². The molecule has 1 atom stereocenters. The Morgan fingerprint density at radius 1 is 1.44 bits per heavy atom. The van der Waals surface area contributed by atoms with Crippen LogP contribution in [0.15, 0.2) is 0 Å². The van der Waals surface area contributed by atoms with E-state index < -0.39 is 12.0 Å². The molecule has 1 fully saturated rings. The standard InChI is InChI=1S/C13H24N2O3/c1-4-5-6-10(11(16)17)14-12(18)15-8-7-13(2,3)9-15/h10H,4-9H2,1-3H3,(H,14,18)(H,16,17)/t10-/m0/s1. The van der Waals surface area contributed by atoms with Crippen molar-refractivity contribution < 1.29 is 14.7 Å². The van der Waals surface area contributed by atoms with Gasteiger partial charge in [0.05, 0.1) is 0 Å². The summed E-state index contributed by atoms with van der Waals surface area (Å²) in [4.78, 5) is 24.7. The molecule has 1 rings (SSSR count). The van der Waals surface area contributed by atoms with Crippen LogP contribution >= 0.6 is 0 Å². The molecule has 0 aromatic carbocycles. The van der Waals surface area contributed by atoms with Crippen LogP contribution in [-0.2, 0) is 4.79 Å². The van der Waals surface area contributed by atoms with Crippen LogP contribution in [0.5, 0.6) is 0 Å². The Kier molecular flexibility index (Phi) is 4.99. The zero-order valence-corrected chi connectivity index (χ0v) is 11.5. The molecular formula is C13H24N2O3. The second kappa shape index (κ2) is 6.07. The minimum Gasteiger partial charge on any atom is -0.480 e. The number of rotatable bonds is 5. The Balaban J connectivity index is 2.49. The second-order valence-corrected chi connectivity index (χ2v) is 5.82. The minimum absolute atomic E-state index is 0.138. The third-order valence-corrected chi connectivity index (χ3v) is 3.41. The lowest BCUT2D eigenvalue weighted by Gasteiger charge is -2.22. The first-order valence-electron chi connectivity index (χ1n) is 6.64. The van der Waals surface area contributed by atoms with Crippen LogP contribution in [0.25, 0.3) is 0 Å². The van der Waals surface area contributed by atoms with Crippen LogP contribution in [0.4, 0.5) is 4.79 Å². The number of carbonyl (C=O) groups excluding carboxylic acids is 1. The fraction of sp³-hybridized carbons (Fsp3) is 0.846. The van der Waals surface area contributed by atoms with E-state index in [4.69, 9.17) is 5.11 Å². The van der Waals surface area contributed by atoms with Gasteiger partial charge in [-0.25, -0.2) is 9.59 Å². The quantitative estimate of drug-likeness (QED) is 0.791. The van der Waals surface area contributed by atoms with E-state index in [9.17, 15) is 9.59 Å². The molecule has 1 aliphatic rings. The molecule has 0 aliphatic carbocycles. The maximum atomic E-state index is 12.0. The Morgan fingerprint density at radius 2 is 2.11 bits per heavy atom. The Labute approximate surface area is 109 Å². The molecule has 0 radical (unpaired) electrons. The lowest BCUT2D eigenvalue weighted by molar-refractivity contribution is -0.139. The number of unbranched alkanes of at least 4 members (excludes halogenated alkanes) is 1. The van der Waals surface area contributed by atoms with E-state index in [1.54, 1.807) is 4.90 Å². The van der Waals surface area contributed by atoms with E-state index in [0.29, 0.717) is 19.5 Å². The molecule has 1 heterocycles. The zero-order valence-electron chi connectivity index (χ0n) is 11.5. The summed E-state index contributed by atoms with van der Waals surface area (Å²) in [6.07, 6.45) is 3.20. The number of carboxylic acid groups (broad SMARTS) is 1. The molecule has 2 N–H and O–H groups in total. The molecule has 5 nitrogen and oxygen atoms in total. The lowest BCUT2D eigenvalue weighted by Crippen LogP contribution is -2.47. The fourth-order valence-corrected chi connectivity index (χ4v) is 2.19. The molecular weight excluding hydrogens is 232 g/mol. The van der Waals surface area contributed by atoms with Gasteiger partial charge in [-0.2, -0.15) is 0 Å². The third kappa shape index (κ3) is 4.20. The SMILES string of the molecule is CCCC[C@H](NC(=O)N1CCC(C)(C)C1)C(=O)O. The minimum atomic E-state index is -0.949. The van der Waals surface area contributed by atoms with Crippen molar-refractivity contribution in [3.05, 3.63) is 0 Å². The average molecular weight is 256 g/mol. The van der Waals surface area contributed by atoms with E-state index in [2.05, 4.69) is 19.2 Å². The van der Waals surface area contributed by atoms with Crippen molar-refractivity contribution in [3.8, 4) is 0 Å². The first-order chi connectivity index (χ1) is 8.35. The van der Waals surface area contributed by atoms with Crippen molar-refractivity contribution in [1.29, 1.82) is 0 Å². The number of nitrogens with zero attached hydrogens (tertiary/aromatic N) is 1. The van der Waals surface area contributed by atoms with Crippen molar-refractivity contribution in [2.45, 2.75) is 52.5 Å². The van der Waals surface area contributed by atoms with E-state index in [0.717, 1.165) is 19.3 Å². The van der Waals surface area contributed by atoms with Gasteiger partial charge in [-0.1, -0.05) is 33.6 Å². The highest BCUT2D eigenvalue weighted by atomic mass is 16.4. The number of likely N-dealkylation sites (tertiary alicyclic amines) is 1. The Bertz CT molecular complexity index is 315. The van der Waals surface area contributed by atoms with Crippen LogP contribution in [0, 0.1) is 5.41 Å². The Morgan fingerprint density at radius 3 is 2.56 bits per heavy atom. The van der Waals surface area contributed by atoms with Gasteiger partial charge in [0, 0.05) is 13.1 Å². The van der Waals surface area contributed by atoms with E-state index in [-0.39, 0.29) is 11.4 Å². The highest BCUT2D eigenvalue weighted by Gasteiger charge is 2.33. The number of aliphatic carboxylic acids is 1. The van der Waals surface area contributed by atoms with Crippen LogP contribution in [-0.4, -0.2) is 41.1 Å². The maximum Gasteiger partial charge on any atom is 0.326 e.